The van der Waals surface area contributed by atoms with Crippen LogP contribution >= 0.6 is 12.2 Å². The van der Waals surface area contributed by atoms with Gasteiger partial charge in [-0.1, -0.05) is 19.3 Å². The van der Waals surface area contributed by atoms with Crippen LogP contribution in [0.3, 0.4) is 0 Å². The lowest BCUT2D eigenvalue weighted by Crippen LogP contribution is -2.47. The van der Waals surface area contributed by atoms with Gasteiger partial charge < -0.3 is 20.3 Å². The summed E-state index contributed by atoms with van der Waals surface area (Å²) in [6, 6.07) is 5.25. The van der Waals surface area contributed by atoms with Crippen molar-refractivity contribution in [1.29, 1.82) is 0 Å². The third kappa shape index (κ3) is 5.14. The molecule has 1 heterocycles. The molecule has 1 aliphatic carbocycles. The molecule has 1 saturated heterocycles. The number of likely N-dealkylation sites (N-methyl/N-ethyl adjacent to an activating group) is 1. The van der Waals surface area contributed by atoms with E-state index in [1.165, 1.54) is 23.6 Å². The van der Waals surface area contributed by atoms with Crippen molar-refractivity contribution in [3.05, 3.63) is 18.2 Å². The Labute approximate surface area is 173 Å². The smallest absolute Gasteiger partial charge is 0.243 e. The predicted octanol–water partition coefficient (Wildman–Crippen LogP) is 2.25. The summed E-state index contributed by atoms with van der Waals surface area (Å²) in [6.07, 6.45) is 5.91. The van der Waals surface area contributed by atoms with Gasteiger partial charge in [-0.15, -0.1) is 0 Å². The van der Waals surface area contributed by atoms with Gasteiger partial charge in [0.15, 0.2) is 5.11 Å². The molecule has 0 radical (unpaired) electrons. The number of rotatable bonds is 5. The largest absolute Gasteiger partial charge is 0.495 e. The molecule has 2 fully saturated rings. The molecule has 1 saturated carbocycles. The Hall–Kier alpha value is -1.42. The first kappa shape index (κ1) is 21.3. The summed E-state index contributed by atoms with van der Waals surface area (Å²) in [6.45, 7) is 2.45. The number of ether oxygens (including phenoxy) is 1. The number of nitrogens with one attached hydrogen (secondary N) is 2. The van der Waals surface area contributed by atoms with Gasteiger partial charge in [-0.2, -0.15) is 4.31 Å². The maximum absolute atomic E-state index is 13.0. The Kier molecular flexibility index (Phi) is 7.14. The molecule has 9 heteroatoms. The Morgan fingerprint density at radius 2 is 1.82 bits per heavy atom. The van der Waals surface area contributed by atoms with Crippen LogP contribution in [0.15, 0.2) is 23.1 Å². The van der Waals surface area contributed by atoms with Crippen molar-refractivity contribution < 1.29 is 13.2 Å². The molecule has 28 heavy (non-hydrogen) atoms. The van der Waals surface area contributed by atoms with Crippen LogP contribution < -0.4 is 15.4 Å². The normalized spacial score (nSPS) is 19.9. The van der Waals surface area contributed by atoms with Crippen LogP contribution in [-0.2, 0) is 10.0 Å². The molecule has 1 aromatic rings. The number of thiocarbonyl (C=S) groups is 1. The molecule has 156 valence electrons. The van der Waals surface area contributed by atoms with E-state index < -0.39 is 10.0 Å². The van der Waals surface area contributed by atoms with Gasteiger partial charge in [0.1, 0.15) is 5.75 Å². The van der Waals surface area contributed by atoms with E-state index >= 15 is 0 Å². The lowest BCUT2D eigenvalue weighted by Gasteiger charge is -2.31. The molecule has 7 nitrogen and oxygen atoms in total. The summed E-state index contributed by atoms with van der Waals surface area (Å²) >= 11 is 5.46. The van der Waals surface area contributed by atoms with E-state index in [-0.39, 0.29) is 4.90 Å². The molecule has 3 rings (SSSR count). The van der Waals surface area contributed by atoms with Crippen LogP contribution in [0.4, 0.5) is 5.69 Å². The monoisotopic (exact) mass is 426 g/mol. The van der Waals surface area contributed by atoms with Crippen molar-refractivity contribution in [2.45, 2.75) is 43.0 Å². The van der Waals surface area contributed by atoms with Gasteiger partial charge in [0.05, 0.1) is 17.7 Å². The SMILES string of the molecule is COc1ccc(S(=O)(=O)N2CCN(C)CC2)cc1NC(=S)NC1CCCCC1. The van der Waals surface area contributed by atoms with E-state index in [1.54, 1.807) is 25.3 Å². The Morgan fingerprint density at radius 1 is 1.14 bits per heavy atom. The van der Waals surface area contributed by atoms with Crippen molar-refractivity contribution in [2.24, 2.45) is 0 Å². The topological polar surface area (TPSA) is 73.9 Å². The van der Waals surface area contributed by atoms with Crippen LogP contribution in [0.1, 0.15) is 32.1 Å². The second-order valence-electron chi connectivity index (χ2n) is 7.50. The van der Waals surface area contributed by atoms with E-state index in [9.17, 15) is 8.42 Å². The zero-order valence-corrected chi connectivity index (χ0v) is 18.2. The number of hydrogen-bond acceptors (Lipinski definition) is 5. The van der Waals surface area contributed by atoms with Gasteiger partial charge in [0, 0.05) is 32.2 Å². The summed E-state index contributed by atoms with van der Waals surface area (Å²) in [7, 11) is 0.0134. The minimum atomic E-state index is -3.55. The molecule has 0 amide bonds. The number of sulfonamides is 1. The summed E-state index contributed by atoms with van der Waals surface area (Å²) in [5, 5.41) is 6.98. The fourth-order valence-electron chi connectivity index (χ4n) is 3.71. The molecule has 2 aliphatic rings. The number of hydrogen-bond donors (Lipinski definition) is 2. The zero-order chi connectivity index (χ0) is 20.1. The van der Waals surface area contributed by atoms with Crippen LogP contribution in [0.25, 0.3) is 0 Å². The van der Waals surface area contributed by atoms with E-state index in [1.807, 2.05) is 7.05 Å². The van der Waals surface area contributed by atoms with Gasteiger partial charge in [-0.25, -0.2) is 8.42 Å². The maximum Gasteiger partial charge on any atom is 0.243 e. The fraction of sp³-hybridized carbons (Fsp3) is 0.632. The first-order valence-corrected chi connectivity index (χ1v) is 11.7. The minimum absolute atomic E-state index is 0.251. The van der Waals surface area contributed by atoms with Crippen molar-refractivity contribution in [1.82, 2.24) is 14.5 Å². The summed E-state index contributed by atoms with van der Waals surface area (Å²) in [5.41, 5.74) is 0.561. The van der Waals surface area contributed by atoms with E-state index in [4.69, 9.17) is 17.0 Å². The van der Waals surface area contributed by atoms with E-state index in [0.29, 0.717) is 35.7 Å². The number of methoxy groups -OCH3 is 1. The third-order valence-electron chi connectivity index (χ3n) is 5.46. The molecule has 0 spiro atoms. The second kappa shape index (κ2) is 9.39. The maximum atomic E-state index is 13.0. The number of piperazine rings is 1. The molecule has 0 unspecified atom stereocenters. The van der Waals surface area contributed by atoms with Crippen molar-refractivity contribution in [2.75, 3.05) is 45.7 Å². The van der Waals surface area contributed by atoms with Gasteiger partial charge in [0.2, 0.25) is 10.0 Å². The highest BCUT2D eigenvalue weighted by Crippen LogP contribution is 2.29. The summed E-state index contributed by atoms with van der Waals surface area (Å²) in [4.78, 5) is 2.38. The summed E-state index contributed by atoms with van der Waals surface area (Å²) < 4.78 is 33.0. The number of anilines is 1. The molecule has 0 bridgehead atoms. The highest BCUT2D eigenvalue weighted by molar-refractivity contribution is 7.89. The zero-order valence-electron chi connectivity index (χ0n) is 16.6. The quantitative estimate of drug-likeness (QED) is 0.700. The molecule has 1 aliphatic heterocycles. The molecule has 2 N–H and O–H groups in total. The molecular weight excluding hydrogens is 396 g/mol. The van der Waals surface area contributed by atoms with E-state index in [2.05, 4.69) is 15.5 Å². The Balaban J connectivity index is 1.74. The predicted molar refractivity (Wildman–Crippen MR) is 115 cm³/mol. The van der Waals surface area contributed by atoms with Crippen LogP contribution in [0, 0.1) is 0 Å². The molecule has 1 aromatic carbocycles. The Bertz CT molecular complexity index is 786. The second-order valence-corrected chi connectivity index (χ2v) is 9.85. The van der Waals surface area contributed by atoms with Gasteiger partial charge in [0.25, 0.3) is 0 Å². The highest BCUT2D eigenvalue weighted by atomic mass is 32.2. The van der Waals surface area contributed by atoms with Crippen LogP contribution in [0.2, 0.25) is 0 Å². The molecule has 0 aromatic heterocycles. The van der Waals surface area contributed by atoms with E-state index in [0.717, 1.165) is 25.9 Å². The first-order valence-electron chi connectivity index (χ1n) is 9.84. The van der Waals surface area contributed by atoms with Crippen LogP contribution in [0.5, 0.6) is 5.75 Å². The van der Waals surface area contributed by atoms with Crippen molar-refractivity contribution in [3.8, 4) is 5.75 Å². The van der Waals surface area contributed by atoms with Crippen molar-refractivity contribution in [3.63, 3.8) is 0 Å². The standard InChI is InChI=1S/C19H30N4O3S2/c1-22-10-12-23(13-11-22)28(24,25)16-8-9-18(26-2)17(14-16)21-19(27)20-15-6-4-3-5-7-15/h8-9,14-15H,3-7,10-13H2,1-2H3,(H2,20,21,27). The number of nitrogens with zero attached hydrogens (tertiary/aromatic N) is 2. The Morgan fingerprint density at radius 3 is 2.46 bits per heavy atom. The third-order valence-corrected chi connectivity index (χ3v) is 7.57. The van der Waals surface area contributed by atoms with Crippen molar-refractivity contribution >= 4 is 33.0 Å². The average molecular weight is 427 g/mol. The average Bonchev–Trinajstić information content (AvgIpc) is 2.69. The minimum Gasteiger partial charge on any atom is -0.495 e. The first-order chi connectivity index (χ1) is 13.4. The molecule has 0 atom stereocenters. The van der Waals surface area contributed by atoms with Gasteiger partial charge in [-0.05, 0) is 50.3 Å². The lowest BCUT2D eigenvalue weighted by molar-refractivity contribution is 0.222. The fourth-order valence-corrected chi connectivity index (χ4v) is 5.44. The molecular formula is C19H30N4O3S2. The van der Waals surface area contributed by atoms with Crippen LogP contribution in [-0.4, -0.2) is 69.1 Å². The van der Waals surface area contributed by atoms with Gasteiger partial charge >= 0.3 is 0 Å². The summed E-state index contributed by atoms with van der Waals surface area (Å²) in [5.74, 6) is 0.560. The number of benzene rings is 1. The highest BCUT2D eigenvalue weighted by Gasteiger charge is 2.28. The van der Waals surface area contributed by atoms with Gasteiger partial charge in [-0.3, -0.25) is 0 Å². The lowest BCUT2D eigenvalue weighted by atomic mass is 9.96.